The molecular weight excluding hydrogens is 307 g/mol. The Balaban J connectivity index is 1.84. The number of imidazole rings is 1. The van der Waals surface area contributed by atoms with Crippen LogP contribution in [0.2, 0.25) is 0 Å². The average molecular weight is 322 g/mol. The number of H-pyrrole nitrogens is 1. The lowest BCUT2D eigenvalue weighted by atomic mass is 10.2. The smallest absolute Gasteiger partial charge is 0.321 e. The number of rotatable bonds is 5. The first-order chi connectivity index (χ1) is 10.6. The standard InChI is InChI=1S/C14H15FN4O2S/c1-16-13(21)19-12(20)6-7-22-14-17-8-11(18-14)9-2-4-10(15)5-3-9/h2-5,8H,6-7H2,1H3,(H,17,18)(H2,16,19,20,21). The Labute approximate surface area is 130 Å². The van der Waals surface area contributed by atoms with Crippen molar-refractivity contribution >= 4 is 23.7 Å². The first-order valence-electron chi connectivity index (χ1n) is 6.54. The zero-order chi connectivity index (χ0) is 15.9. The van der Waals surface area contributed by atoms with Crippen LogP contribution >= 0.6 is 11.8 Å². The summed E-state index contributed by atoms with van der Waals surface area (Å²) in [5.41, 5.74) is 1.61. The molecule has 0 unspecified atom stereocenters. The SMILES string of the molecule is CNC(=O)NC(=O)CCSc1ncc(-c2ccc(F)cc2)[nH]1. The fourth-order valence-electron chi connectivity index (χ4n) is 1.64. The minimum atomic E-state index is -0.522. The van der Waals surface area contributed by atoms with Gasteiger partial charge < -0.3 is 10.3 Å². The molecule has 6 nitrogen and oxygen atoms in total. The molecule has 1 heterocycles. The maximum atomic E-state index is 12.9. The van der Waals surface area contributed by atoms with E-state index in [0.717, 1.165) is 11.3 Å². The monoisotopic (exact) mass is 322 g/mol. The molecule has 8 heteroatoms. The van der Waals surface area contributed by atoms with Gasteiger partial charge in [0.2, 0.25) is 5.91 Å². The zero-order valence-corrected chi connectivity index (χ0v) is 12.7. The van der Waals surface area contributed by atoms with Crippen LogP contribution in [-0.4, -0.2) is 34.7 Å². The van der Waals surface area contributed by atoms with Crippen LogP contribution in [0.5, 0.6) is 0 Å². The van der Waals surface area contributed by atoms with E-state index < -0.39 is 6.03 Å². The summed E-state index contributed by atoms with van der Waals surface area (Å²) in [6.07, 6.45) is 1.85. The van der Waals surface area contributed by atoms with Gasteiger partial charge in [-0.15, -0.1) is 0 Å². The Morgan fingerprint density at radius 1 is 1.32 bits per heavy atom. The normalized spacial score (nSPS) is 10.3. The fraction of sp³-hybridized carbons (Fsp3) is 0.214. The highest BCUT2D eigenvalue weighted by Crippen LogP contribution is 2.22. The van der Waals surface area contributed by atoms with Gasteiger partial charge in [-0.1, -0.05) is 11.8 Å². The number of nitrogens with zero attached hydrogens (tertiary/aromatic N) is 1. The maximum absolute atomic E-state index is 12.9. The summed E-state index contributed by atoms with van der Waals surface area (Å²) < 4.78 is 12.9. The van der Waals surface area contributed by atoms with E-state index in [1.54, 1.807) is 18.3 Å². The molecule has 0 atom stereocenters. The third-order valence-corrected chi connectivity index (χ3v) is 3.64. The van der Waals surface area contributed by atoms with Gasteiger partial charge in [0.05, 0.1) is 11.9 Å². The quantitative estimate of drug-likeness (QED) is 0.736. The average Bonchev–Trinajstić information content (AvgIpc) is 2.96. The number of benzene rings is 1. The van der Waals surface area contributed by atoms with Crippen molar-refractivity contribution in [3.05, 3.63) is 36.3 Å². The summed E-state index contributed by atoms with van der Waals surface area (Å²) in [7, 11) is 1.44. The third-order valence-electron chi connectivity index (χ3n) is 2.76. The van der Waals surface area contributed by atoms with Crippen molar-refractivity contribution in [1.82, 2.24) is 20.6 Å². The highest BCUT2D eigenvalue weighted by Gasteiger charge is 2.08. The molecule has 2 rings (SSSR count). The number of carbonyl (C=O) groups excluding carboxylic acids is 2. The molecule has 0 fully saturated rings. The van der Waals surface area contributed by atoms with Crippen LogP contribution in [0, 0.1) is 5.82 Å². The summed E-state index contributed by atoms with van der Waals surface area (Å²) in [5.74, 6) is -0.156. The highest BCUT2D eigenvalue weighted by molar-refractivity contribution is 7.99. The molecule has 0 spiro atoms. The molecule has 0 aliphatic carbocycles. The number of urea groups is 1. The van der Waals surface area contributed by atoms with Crippen LogP contribution in [0.4, 0.5) is 9.18 Å². The first-order valence-corrected chi connectivity index (χ1v) is 7.52. The van der Waals surface area contributed by atoms with Crippen molar-refractivity contribution in [3.8, 4) is 11.3 Å². The molecule has 1 aromatic carbocycles. The van der Waals surface area contributed by atoms with Gasteiger partial charge in [-0.3, -0.25) is 10.1 Å². The molecule has 1 aromatic heterocycles. The number of imide groups is 1. The molecule has 0 aliphatic heterocycles. The van der Waals surface area contributed by atoms with Crippen LogP contribution in [-0.2, 0) is 4.79 Å². The second-order valence-electron chi connectivity index (χ2n) is 4.33. The third kappa shape index (κ3) is 4.59. The molecule has 22 heavy (non-hydrogen) atoms. The number of nitrogens with one attached hydrogen (secondary N) is 3. The minimum Gasteiger partial charge on any atom is -0.341 e. The predicted octanol–water partition coefficient (Wildman–Crippen LogP) is 2.15. The molecule has 3 N–H and O–H groups in total. The van der Waals surface area contributed by atoms with E-state index >= 15 is 0 Å². The Morgan fingerprint density at radius 2 is 2.05 bits per heavy atom. The molecule has 116 valence electrons. The lowest BCUT2D eigenvalue weighted by molar-refractivity contribution is -0.119. The van der Waals surface area contributed by atoms with Crippen LogP contribution in [0.3, 0.4) is 0 Å². The Hall–Kier alpha value is -2.35. The second kappa shape index (κ2) is 7.60. The van der Waals surface area contributed by atoms with Crippen molar-refractivity contribution in [2.75, 3.05) is 12.8 Å². The van der Waals surface area contributed by atoms with Crippen LogP contribution in [0.1, 0.15) is 6.42 Å². The number of hydrogen-bond acceptors (Lipinski definition) is 4. The summed E-state index contributed by atoms with van der Waals surface area (Å²) in [6, 6.07) is 5.56. The van der Waals surface area contributed by atoms with E-state index in [1.165, 1.54) is 30.9 Å². The molecule has 0 radical (unpaired) electrons. The summed E-state index contributed by atoms with van der Waals surface area (Å²) in [5, 5.41) is 5.15. The molecule has 2 aromatic rings. The largest absolute Gasteiger partial charge is 0.341 e. The lowest BCUT2D eigenvalue weighted by Crippen LogP contribution is -2.37. The van der Waals surface area contributed by atoms with Gasteiger partial charge in [-0.25, -0.2) is 14.2 Å². The predicted molar refractivity (Wildman–Crippen MR) is 81.9 cm³/mol. The summed E-state index contributed by atoms with van der Waals surface area (Å²) in [4.78, 5) is 29.6. The topological polar surface area (TPSA) is 86.9 Å². The zero-order valence-electron chi connectivity index (χ0n) is 11.9. The molecular formula is C14H15FN4O2S. The fourth-order valence-corrected chi connectivity index (χ4v) is 2.43. The van der Waals surface area contributed by atoms with E-state index in [0.29, 0.717) is 10.9 Å². The molecule has 0 bridgehead atoms. The van der Waals surface area contributed by atoms with Gasteiger partial charge in [-0.2, -0.15) is 0 Å². The van der Waals surface area contributed by atoms with Crippen molar-refractivity contribution in [1.29, 1.82) is 0 Å². The first kappa shape index (κ1) is 16.0. The number of hydrogen-bond donors (Lipinski definition) is 3. The number of amides is 3. The van der Waals surface area contributed by atoms with Gasteiger partial charge in [0.15, 0.2) is 5.16 Å². The van der Waals surface area contributed by atoms with Gasteiger partial charge >= 0.3 is 6.03 Å². The Morgan fingerprint density at radius 3 is 2.73 bits per heavy atom. The molecule has 0 saturated carbocycles. The van der Waals surface area contributed by atoms with E-state index in [4.69, 9.17) is 0 Å². The van der Waals surface area contributed by atoms with Gasteiger partial charge in [0.25, 0.3) is 0 Å². The van der Waals surface area contributed by atoms with E-state index in [2.05, 4.69) is 20.6 Å². The van der Waals surface area contributed by atoms with E-state index in [9.17, 15) is 14.0 Å². The van der Waals surface area contributed by atoms with E-state index in [-0.39, 0.29) is 18.1 Å². The van der Waals surface area contributed by atoms with Crippen molar-refractivity contribution in [2.45, 2.75) is 11.6 Å². The summed E-state index contributed by atoms with van der Waals surface area (Å²) >= 11 is 1.37. The number of aromatic amines is 1. The number of aromatic nitrogens is 2. The minimum absolute atomic E-state index is 0.199. The van der Waals surface area contributed by atoms with Crippen LogP contribution in [0.15, 0.2) is 35.6 Å². The number of carbonyl (C=O) groups is 2. The van der Waals surface area contributed by atoms with Crippen molar-refractivity contribution in [3.63, 3.8) is 0 Å². The molecule has 3 amide bonds. The maximum Gasteiger partial charge on any atom is 0.321 e. The van der Waals surface area contributed by atoms with E-state index in [1.807, 2.05) is 0 Å². The van der Waals surface area contributed by atoms with Crippen molar-refractivity contribution < 1.29 is 14.0 Å². The van der Waals surface area contributed by atoms with Gasteiger partial charge in [-0.05, 0) is 29.8 Å². The Bertz CT molecular complexity index is 657. The van der Waals surface area contributed by atoms with Gasteiger partial charge in [0.1, 0.15) is 5.82 Å². The Kier molecular flexibility index (Phi) is 5.54. The second-order valence-corrected chi connectivity index (χ2v) is 5.42. The van der Waals surface area contributed by atoms with Crippen LogP contribution in [0.25, 0.3) is 11.3 Å². The number of thioether (sulfide) groups is 1. The number of halogens is 1. The molecule has 0 saturated heterocycles. The van der Waals surface area contributed by atoms with Gasteiger partial charge in [0, 0.05) is 19.2 Å². The molecule has 0 aliphatic rings. The highest BCUT2D eigenvalue weighted by atomic mass is 32.2. The summed E-state index contributed by atoms with van der Waals surface area (Å²) in [6.45, 7) is 0. The lowest BCUT2D eigenvalue weighted by Gasteiger charge is -2.02. The van der Waals surface area contributed by atoms with Crippen molar-refractivity contribution in [2.24, 2.45) is 0 Å². The van der Waals surface area contributed by atoms with Crippen LogP contribution < -0.4 is 10.6 Å².